The van der Waals surface area contributed by atoms with Crippen LogP contribution in [0.2, 0.25) is 0 Å². The van der Waals surface area contributed by atoms with E-state index in [0.29, 0.717) is 18.3 Å². The van der Waals surface area contributed by atoms with Crippen molar-refractivity contribution in [1.82, 2.24) is 20.3 Å². The first-order chi connectivity index (χ1) is 12.9. The lowest BCUT2D eigenvalue weighted by Gasteiger charge is -2.23. The monoisotopic (exact) mass is 403 g/mol. The zero-order valence-corrected chi connectivity index (χ0v) is 18.0. The standard InChI is InChI=1S/C21H29N5O.ClH/c1-14-19(23-24-26(14)17-7-10-22-11-8-17)20(27)25-12-9-15-13-16(21(2,3)4)5-6-18(15)25;/h5-6,13,17,22H,7-12H2,1-4H3;1H. The number of anilines is 1. The predicted molar refractivity (Wildman–Crippen MR) is 114 cm³/mol. The third-order valence-electron chi connectivity index (χ3n) is 5.87. The second kappa shape index (κ2) is 7.84. The van der Waals surface area contributed by atoms with E-state index in [9.17, 15) is 4.79 Å². The van der Waals surface area contributed by atoms with Gasteiger partial charge >= 0.3 is 0 Å². The number of halogens is 1. The Kier molecular flexibility index (Phi) is 5.82. The summed E-state index contributed by atoms with van der Waals surface area (Å²) in [5.41, 5.74) is 5.06. The molecule has 152 valence electrons. The molecule has 1 aromatic heterocycles. The molecule has 3 heterocycles. The van der Waals surface area contributed by atoms with Gasteiger partial charge in [-0.25, -0.2) is 4.68 Å². The van der Waals surface area contributed by atoms with Crippen LogP contribution < -0.4 is 10.2 Å². The normalized spacial score (nSPS) is 17.4. The van der Waals surface area contributed by atoms with Crippen LogP contribution in [0.1, 0.15) is 67.0 Å². The van der Waals surface area contributed by atoms with E-state index >= 15 is 0 Å². The minimum Gasteiger partial charge on any atom is -0.317 e. The van der Waals surface area contributed by atoms with Crippen LogP contribution in [0, 0.1) is 6.92 Å². The molecule has 1 N–H and O–H groups in total. The van der Waals surface area contributed by atoms with Crippen molar-refractivity contribution in [2.45, 2.75) is 58.4 Å². The Hall–Kier alpha value is -1.92. The number of fused-ring (bicyclic) bond motifs is 1. The SMILES string of the molecule is Cc1c(C(=O)N2CCc3cc(C(C)(C)C)ccc32)nnn1C1CCNCC1.Cl. The summed E-state index contributed by atoms with van der Waals surface area (Å²) in [5, 5.41) is 12.0. The van der Waals surface area contributed by atoms with Crippen molar-refractivity contribution in [3.05, 3.63) is 40.7 Å². The summed E-state index contributed by atoms with van der Waals surface area (Å²) in [6.45, 7) is 11.3. The lowest BCUT2D eigenvalue weighted by Crippen LogP contribution is -2.31. The molecule has 4 rings (SSSR count). The highest BCUT2D eigenvalue weighted by atomic mass is 35.5. The number of carbonyl (C=O) groups is 1. The summed E-state index contributed by atoms with van der Waals surface area (Å²) in [7, 11) is 0. The molecule has 1 amide bonds. The van der Waals surface area contributed by atoms with E-state index in [-0.39, 0.29) is 23.7 Å². The second-order valence-electron chi connectivity index (χ2n) is 8.75. The Balaban J connectivity index is 0.00000225. The van der Waals surface area contributed by atoms with Crippen molar-refractivity contribution in [2.75, 3.05) is 24.5 Å². The number of nitrogens with zero attached hydrogens (tertiary/aromatic N) is 4. The first-order valence-corrected chi connectivity index (χ1v) is 9.94. The zero-order valence-electron chi connectivity index (χ0n) is 17.2. The van der Waals surface area contributed by atoms with E-state index in [1.807, 2.05) is 16.5 Å². The Morgan fingerprint density at radius 3 is 2.61 bits per heavy atom. The minimum absolute atomic E-state index is 0. The summed E-state index contributed by atoms with van der Waals surface area (Å²) >= 11 is 0. The van der Waals surface area contributed by atoms with Crippen LogP contribution in [-0.4, -0.2) is 40.5 Å². The average molecular weight is 404 g/mol. The number of nitrogens with one attached hydrogen (secondary N) is 1. The third kappa shape index (κ3) is 3.67. The number of carbonyl (C=O) groups excluding carboxylic acids is 1. The van der Waals surface area contributed by atoms with Gasteiger partial charge in [0, 0.05) is 12.2 Å². The number of rotatable bonds is 2. The highest BCUT2D eigenvalue weighted by Crippen LogP contribution is 2.34. The lowest BCUT2D eigenvalue weighted by molar-refractivity contribution is 0.0984. The fourth-order valence-electron chi connectivity index (χ4n) is 4.14. The lowest BCUT2D eigenvalue weighted by atomic mass is 9.86. The Bertz CT molecular complexity index is 864. The van der Waals surface area contributed by atoms with Crippen LogP contribution in [-0.2, 0) is 11.8 Å². The molecule has 0 atom stereocenters. The van der Waals surface area contributed by atoms with Gasteiger partial charge in [-0.2, -0.15) is 0 Å². The number of amides is 1. The van der Waals surface area contributed by atoms with Crippen molar-refractivity contribution in [3.63, 3.8) is 0 Å². The van der Waals surface area contributed by atoms with Crippen LogP contribution in [0.5, 0.6) is 0 Å². The fourth-order valence-corrected chi connectivity index (χ4v) is 4.14. The van der Waals surface area contributed by atoms with E-state index in [2.05, 4.69) is 54.6 Å². The second-order valence-corrected chi connectivity index (χ2v) is 8.75. The molecule has 0 aliphatic carbocycles. The summed E-state index contributed by atoms with van der Waals surface area (Å²) in [5.74, 6) is -0.0325. The van der Waals surface area contributed by atoms with Gasteiger partial charge in [0.2, 0.25) is 0 Å². The molecule has 7 heteroatoms. The number of benzene rings is 1. The Morgan fingerprint density at radius 2 is 1.93 bits per heavy atom. The van der Waals surface area contributed by atoms with E-state index in [1.165, 1.54) is 11.1 Å². The van der Waals surface area contributed by atoms with Crippen LogP contribution in [0.3, 0.4) is 0 Å². The number of hydrogen-bond donors (Lipinski definition) is 1. The topological polar surface area (TPSA) is 63.1 Å². The van der Waals surface area contributed by atoms with Crippen LogP contribution in [0.15, 0.2) is 18.2 Å². The molecule has 2 aromatic rings. The maximum Gasteiger partial charge on any atom is 0.280 e. The summed E-state index contributed by atoms with van der Waals surface area (Å²) in [6, 6.07) is 6.82. The van der Waals surface area contributed by atoms with Gasteiger partial charge < -0.3 is 10.2 Å². The van der Waals surface area contributed by atoms with Crippen LogP contribution >= 0.6 is 12.4 Å². The van der Waals surface area contributed by atoms with Crippen LogP contribution in [0.4, 0.5) is 5.69 Å². The van der Waals surface area contributed by atoms with Crippen LogP contribution in [0.25, 0.3) is 0 Å². The molecule has 2 aliphatic rings. The van der Waals surface area contributed by atoms with E-state index in [1.54, 1.807) is 0 Å². The number of hydrogen-bond acceptors (Lipinski definition) is 4. The molecule has 1 aromatic carbocycles. The van der Waals surface area contributed by atoms with E-state index in [0.717, 1.165) is 43.7 Å². The van der Waals surface area contributed by atoms with Gasteiger partial charge in [0.25, 0.3) is 5.91 Å². The quantitative estimate of drug-likeness (QED) is 0.834. The Labute approximate surface area is 173 Å². The predicted octanol–water partition coefficient (Wildman–Crippen LogP) is 3.43. The van der Waals surface area contributed by atoms with Gasteiger partial charge in [-0.15, -0.1) is 17.5 Å². The summed E-state index contributed by atoms with van der Waals surface area (Å²) in [6.07, 6.45) is 2.95. The number of aromatic nitrogens is 3. The molecule has 0 unspecified atom stereocenters. The van der Waals surface area contributed by atoms with Gasteiger partial charge in [-0.3, -0.25) is 4.79 Å². The van der Waals surface area contributed by atoms with Gasteiger partial charge in [0.05, 0.1) is 11.7 Å². The molecule has 1 fully saturated rings. The molecule has 0 spiro atoms. The highest BCUT2D eigenvalue weighted by molar-refractivity contribution is 6.06. The summed E-state index contributed by atoms with van der Waals surface area (Å²) < 4.78 is 1.95. The van der Waals surface area contributed by atoms with Crippen molar-refractivity contribution < 1.29 is 4.79 Å². The molecule has 0 saturated carbocycles. The van der Waals surface area contributed by atoms with Gasteiger partial charge in [0.1, 0.15) is 0 Å². The maximum absolute atomic E-state index is 13.2. The average Bonchev–Trinajstić information content (AvgIpc) is 3.24. The minimum atomic E-state index is -0.0325. The molecule has 1 saturated heterocycles. The molecule has 0 radical (unpaired) electrons. The first kappa shape index (κ1) is 20.8. The first-order valence-electron chi connectivity index (χ1n) is 9.94. The fraction of sp³-hybridized carbons (Fsp3) is 0.571. The smallest absolute Gasteiger partial charge is 0.280 e. The molecule has 6 nitrogen and oxygen atoms in total. The summed E-state index contributed by atoms with van der Waals surface area (Å²) in [4.78, 5) is 15.1. The van der Waals surface area contributed by atoms with Crippen molar-refractivity contribution in [1.29, 1.82) is 0 Å². The highest BCUT2D eigenvalue weighted by Gasteiger charge is 2.31. The van der Waals surface area contributed by atoms with Crippen molar-refractivity contribution >= 4 is 24.0 Å². The molecular weight excluding hydrogens is 374 g/mol. The number of piperidine rings is 1. The molecule has 2 aliphatic heterocycles. The van der Waals surface area contributed by atoms with Crippen molar-refractivity contribution in [3.8, 4) is 0 Å². The zero-order chi connectivity index (χ0) is 19.2. The van der Waals surface area contributed by atoms with Gasteiger partial charge in [0.15, 0.2) is 5.69 Å². The molecule has 0 bridgehead atoms. The third-order valence-corrected chi connectivity index (χ3v) is 5.87. The maximum atomic E-state index is 13.2. The van der Waals surface area contributed by atoms with Gasteiger partial charge in [-0.05, 0) is 61.9 Å². The molecular formula is C21H30ClN5O. The van der Waals surface area contributed by atoms with E-state index < -0.39 is 0 Å². The van der Waals surface area contributed by atoms with Crippen molar-refractivity contribution in [2.24, 2.45) is 0 Å². The van der Waals surface area contributed by atoms with Gasteiger partial charge in [-0.1, -0.05) is 38.1 Å². The largest absolute Gasteiger partial charge is 0.317 e. The Morgan fingerprint density at radius 1 is 1.21 bits per heavy atom. The molecule has 28 heavy (non-hydrogen) atoms. The van der Waals surface area contributed by atoms with E-state index in [4.69, 9.17) is 0 Å².